The second-order valence-electron chi connectivity index (χ2n) is 5.96. The van der Waals surface area contributed by atoms with Crippen molar-refractivity contribution in [2.75, 3.05) is 5.88 Å². The third-order valence-corrected chi connectivity index (χ3v) is 6.11. The fraction of sp³-hybridized carbons (Fsp3) is 1.00. The Morgan fingerprint density at radius 3 is 2.00 bits per heavy atom. The maximum absolute atomic E-state index is 6.09. The monoisotopic (exact) mass is 200 g/mol. The van der Waals surface area contributed by atoms with Gasteiger partial charge < -0.3 is 0 Å². The van der Waals surface area contributed by atoms with Crippen LogP contribution in [0.4, 0.5) is 0 Å². The molecule has 0 aromatic heterocycles. The quantitative estimate of drug-likeness (QED) is 0.560. The zero-order valence-electron chi connectivity index (χ0n) is 9.28. The lowest BCUT2D eigenvalue weighted by molar-refractivity contribution is 0.288. The van der Waals surface area contributed by atoms with Gasteiger partial charge in [0.2, 0.25) is 0 Å². The molecule has 2 rings (SSSR count). The summed E-state index contributed by atoms with van der Waals surface area (Å²) in [7, 11) is 0. The molecule has 2 fully saturated rings. The van der Waals surface area contributed by atoms with Crippen molar-refractivity contribution in [1.29, 1.82) is 0 Å². The van der Waals surface area contributed by atoms with E-state index < -0.39 is 0 Å². The van der Waals surface area contributed by atoms with E-state index >= 15 is 0 Å². The molecule has 0 aromatic rings. The topological polar surface area (TPSA) is 0 Å². The molecule has 13 heavy (non-hydrogen) atoms. The van der Waals surface area contributed by atoms with Crippen LogP contribution in [0, 0.1) is 22.2 Å². The van der Waals surface area contributed by atoms with E-state index in [9.17, 15) is 0 Å². The van der Waals surface area contributed by atoms with Crippen molar-refractivity contribution in [2.45, 2.75) is 47.0 Å². The minimum Gasteiger partial charge on any atom is -0.126 e. The predicted octanol–water partition coefficient (Wildman–Crippen LogP) is 4.08. The molecule has 0 aliphatic heterocycles. The Kier molecular flexibility index (Phi) is 1.85. The molecule has 2 aliphatic carbocycles. The van der Waals surface area contributed by atoms with Gasteiger partial charge >= 0.3 is 0 Å². The smallest absolute Gasteiger partial charge is 0.0257 e. The maximum atomic E-state index is 6.09. The van der Waals surface area contributed by atoms with Crippen LogP contribution in [0.25, 0.3) is 0 Å². The van der Waals surface area contributed by atoms with E-state index in [2.05, 4.69) is 27.7 Å². The van der Waals surface area contributed by atoms with Crippen molar-refractivity contribution in [3.63, 3.8) is 0 Å². The molecule has 76 valence electrons. The summed E-state index contributed by atoms with van der Waals surface area (Å²) >= 11 is 6.09. The summed E-state index contributed by atoms with van der Waals surface area (Å²) < 4.78 is 0. The number of alkyl halides is 1. The summed E-state index contributed by atoms with van der Waals surface area (Å²) in [5, 5.41) is 0. The summed E-state index contributed by atoms with van der Waals surface area (Å²) in [5.41, 5.74) is 1.59. The Morgan fingerprint density at radius 2 is 1.69 bits per heavy atom. The molecular formula is C12H21Cl. The summed E-state index contributed by atoms with van der Waals surface area (Å²) in [6.07, 6.45) is 4.16. The van der Waals surface area contributed by atoms with E-state index in [0.717, 1.165) is 11.8 Å². The standard InChI is InChI=1S/C12H21Cl/c1-10(2)11(3,4)12(10)7-5-6-9(12)8-13/h9H,5-8H2,1-4H3. The van der Waals surface area contributed by atoms with Crippen molar-refractivity contribution >= 4 is 11.6 Å². The maximum Gasteiger partial charge on any atom is 0.0257 e. The average Bonchev–Trinajstić information content (AvgIpc) is 2.42. The van der Waals surface area contributed by atoms with E-state index in [1.807, 2.05) is 0 Å². The van der Waals surface area contributed by atoms with Gasteiger partial charge in [-0.1, -0.05) is 34.1 Å². The number of rotatable bonds is 1. The summed E-state index contributed by atoms with van der Waals surface area (Å²) in [6, 6.07) is 0. The number of hydrogen-bond acceptors (Lipinski definition) is 0. The number of halogens is 1. The molecule has 0 bridgehead atoms. The molecule has 1 unspecified atom stereocenters. The zero-order valence-corrected chi connectivity index (χ0v) is 10.0. The third kappa shape index (κ3) is 0.802. The van der Waals surface area contributed by atoms with Gasteiger partial charge in [-0.05, 0) is 35.0 Å². The minimum atomic E-state index is 0.510. The highest BCUT2D eigenvalue weighted by atomic mass is 35.5. The molecule has 0 amide bonds. The van der Waals surface area contributed by atoms with Crippen LogP contribution in [0.3, 0.4) is 0 Å². The number of hydrogen-bond donors (Lipinski definition) is 0. The SMILES string of the molecule is CC1(C)C(C)(C)C12CCCC2CCl. The zero-order chi connectivity index (χ0) is 9.91. The molecular weight excluding hydrogens is 180 g/mol. The lowest BCUT2D eigenvalue weighted by Crippen LogP contribution is -2.18. The Bertz CT molecular complexity index is 213. The van der Waals surface area contributed by atoms with Crippen LogP contribution in [0.1, 0.15) is 47.0 Å². The van der Waals surface area contributed by atoms with Crippen LogP contribution in [0.15, 0.2) is 0 Å². The van der Waals surface area contributed by atoms with Gasteiger partial charge in [0.25, 0.3) is 0 Å². The molecule has 1 atom stereocenters. The lowest BCUT2D eigenvalue weighted by atomic mass is 9.84. The van der Waals surface area contributed by atoms with Gasteiger partial charge in [0.1, 0.15) is 0 Å². The van der Waals surface area contributed by atoms with Gasteiger partial charge in [0.05, 0.1) is 0 Å². The second-order valence-corrected chi connectivity index (χ2v) is 6.27. The van der Waals surface area contributed by atoms with Crippen LogP contribution in [-0.2, 0) is 0 Å². The van der Waals surface area contributed by atoms with Crippen LogP contribution in [0.5, 0.6) is 0 Å². The fourth-order valence-corrected chi connectivity index (χ4v) is 4.82. The fourth-order valence-electron chi connectivity index (χ4n) is 4.40. The molecule has 0 heterocycles. The van der Waals surface area contributed by atoms with E-state index in [1.54, 1.807) is 0 Å². The van der Waals surface area contributed by atoms with Crippen molar-refractivity contribution in [3.8, 4) is 0 Å². The molecule has 0 saturated heterocycles. The van der Waals surface area contributed by atoms with E-state index in [4.69, 9.17) is 11.6 Å². The molecule has 0 N–H and O–H groups in total. The van der Waals surface area contributed by atoms with Gasteiger partial charge in [0, 0.05) is 5.88 Å². The summed E-state index contributed by atoms with van der Waals surface area (Å²) in [5.74, 6) is 1.64. The largest absolute Gasteiger partial charge is 0.126 e. The van der Waals surface area contributed by atoms with Gasteiger partial charge in [-0.3, -0.25) is 0 Å². The van der Waals surface area contributed by atoms with E-state index in [1.165, 1.54) is 19.3 Å². The van der Waals surface area contributed by atoms with Crippen molar-refractivity contribution in [2.24, 2.45) is 22.2 Å². The van der Waals surface area contributed by atoms with Gasteiger partial charge in [0.15, 0.2) is 0 Å². The molecule has 1 heteroatoms. The highest BCUT2D eigenvalue weighted by Crippen LogP contribution is 2.84. The van der Waals surface area contributed by atoms with Gasteiger partial charge in [-0.15, -0.1) is 11.6 Å². The molecule has 0 nitrogen and oxygen atoms in total. The molecule has 2 saturated carbocycles. The highest BCUT2D eigenvalue weighted by molar-refractivity contribution is 6.18. The highest BCUT2D eigenvalue weighted by Gasteiger charge is 2.79. The average molecular weight is 201 g/mol. The first-order chi connectivity index (χ1) is 5.92. The summed E-state index contributed by atoms with van der Waals surface area (Å²) in [6.45, 7) is 9.71. The minimum absolute atomic E-state index is 0.510. The Balaban J connectivity index is 2.33. The van der Waals surface area contributed by atoms with Gasteiger partial charge in [-0.25, -0.2) is 0 Å². The van der Waals surface area contributed by atoms with Crippen LogP contribution in [-0.4, -0.2) is 5.88 Å². The van der Waals surface area contributed by atoms with Crippen LogP contribution < -0.4 is 0 Å². The van der Waals surface area contributed by atoms with Crippen molar-refractivity contribution in [3.05, 3.63) is 0 Å². The Morgan fingerprint density at radius 1 is 1.15 bits per heavy atom. The Hall–Kier alpha value is 0.290. The normalized spacial score (nSPS) is 38.1. The molecule has 2 aliphatic rings. The molecule has 0 radical (unpaired) electrons. The van der Waals surface area contributed by atoms with Crippen LogP contribution in [0.2, 0.25) is 0 Å². The first-order valence-corrected chi connectivity index (χ1v) is 6.01. The second kappa shape index (κ2) is 2.45. The Labute approximate surface area is 87.0 Å². The molecule has 1 spiro atoms. The summed E-state index contributed by atoms with van der Waals surface area (Å²) in [4.78, 5) is 0. The van der Waals surface area contributed by atoms with E-state index in [0.29, 0.717) is 16.2 Å². The predicted molar refractivity (Wildman–Crippen MR) is 58.1 cm³/mol. The first kappa shape index (κ1) is 9.83. The first-order valence-electron chi connectivity index (χ1n) is 5.48. The van der Waals surface area contributed by atoms with Crippen LogP contribution >= 0.6 is 11.6 Å². The molecule has 0 aromatic carbocycles. The third-order valence-electron chi connectivity index (χ3n) is 5.74. The van der Waals surface area contributed by atoms with Gasteiger partial charge in [-0.2, -0.15) is 0 Å². The van der Waals surface area contributed by atoms with Crippen molar-refractivity contribution < 1.29 is 0 Å². The lowest BCUT2D eigenvalue weighted by Gasteiger charge is -2.22. The van der Waals surface area contributed by atoms with E-state index in [-0.39, 0.29) is 0 Å². The van der Waals surface area contributed by atoms with Crippen molar-refractivity contribution in [1.82, 2.24) is 0 Å².